The summed E-state index contributed by atoms with van der Waals surface area (Å²) in [6.07, 6.45) is 3.77. The number of fused-ring (bicyclic) bond motifs is 1. The standard InChI is InChI=1S/C15H18N4/c1-10-15(11-5-2-3-6-12(11)18-10)13-9-17-14(19-13)7-4-8-16/h2-3,5-6,9,18H,4,7-8,16H2,1H3,(H,17,19). The van der Waals surface area contributed by atoms with Crippen LogP contribution in [0, 0.1) is 6.92 Å². The quantitative estimate of drug-likeness (QED) is 0.670. The lowest BCUT2D eigenvalue weighted by molar-refractivity contribution is 0.794. The highest BCUT2D eigenvalue weighted by Gasteiger charge is 2.12. The minimum Gasteiger partial charge on any atom is -0.358 e. The van der Waals surface area contributed by atoms with Gasteiger partial charge in [-0.1, -0.05) is 18.2 Å². The van der Waals surface area contributed by atoms with Gasteiger partial charge in [-0.05, 0) is 26.0 Å². The third kappa shape index (κ3) is 2.15. The molecule has 3 aromatic rings. The van der Waals surface area contributed by atoms with Crippen LogP contribution in [-0.2, 0) is 6.42 Å². The molecule has 0 atom stereocenters. The number of para-hydroxylation sites is 1. The van der Waals surface area contributed by atoms with Crippen LogP contribution in [0.4, 0.5) is 0 Å². The summed E-state index contributed by atoms with van der Waals surface area (Å²) in [5, 5.41) is 1.23. The summed E-state index contributed by atoms with van der Waals surface area (Å²) in [4.78, 5) is 11.2. The van der Waals surface area contributed by atoms with E-state index in [4.69, 9.17) is 5.73 Å². The van der Waals surface area contributed by atoms with Crippen molar-refractivity contribution in [3.05, 3.63) is 42.0 Å². The van der Waals surface area contributed by atoms with Crippen LogP contribution in [0.25, 0.3) is 22.2 Å². The van der Waals surface area contributed by atoms with E-state index >= 15 is 0 Å². The molecule has 0 spiro atoms. The number of aromatic amines is 2. The van der Waals surface area contributed by atoms with E-state index in [1.54, 1.807) is 0 Å². The average molecular weight is 254 g/mol. The third-order valence-corrected chi connectivity index (χ3v) is 3.41. The smallest absolute Gasteiger partial charge is 0.106 e. The van der Waals surface area contributed by atoms with Gasteiger partial charge in [-0.2, -0.15) is 0 Å². The van der Waals surface area contributed by atoms with Crippen LogP contribution < -0.4 is 5.73 Å². The van der Waals surface area contributed by atoms with Gasteiger partial charge >= 0.3 is 0 Å². The predicted octanol–water partition coefficient (Wildman–Crippen LogP) is 2.76. The number of imidazole rings is 1. The molecule has 0 aliphatic rings. The summed E-state index contributed by atoms with van der Waals surface area (Å²) in [6.45, 7) is 2.79. The summed E-state index contributed by atoms with van der Waals surface area (Å²) in [5.74, 6) is 1.00. The molecule has 4 N–H and O–H groups in total. The van der Waals surface area contributed by atoms with Gasteiger partial charge in [-0.15, -0.1) is 0 Å². The number of hydrogen-bond donors (Lipinski definition) is 3. The van der Waals surface area contributed by atoms with Gasteiger partial charge in [0.05, 0.1) is 11.9 Å². The van der Waals surface area contributed by atoms with E-state index in [1.807, 2.05) is 12.3 Å². The molecule has 0 amide bonds. The topological polar surface area (TPSA) is 70.5 Å². The number of aromatic nitrogens is 3. The van der Waals surface area contributed by atoms with Crippen LogP contribution in [0.5, 0.6) is 0 Å². The first-order valence-corrected chi connectivity index (χ1v) is 6.61. The van der Waals surface area contributed by atoms with Crippen molar-refractivity contribution in [2.24, 2.45) is 5.73 Å². The molecule has 0 saturated carbocycles. The number of nitrogens with one attached hydrogen (secondary N) is 2. The van der Waals surface area contributed by atoms with Gasteiger partial charge in [-0.3, -0.25) is 0 Å². The van der Waals surface area contributed by atoms with Crippen LogP contribution in [0.2, 0.25) is 0 Å². The Bertz CT molecular complexity index is 693. The monoisotopic (exact) mass is 254 g/mol. The molecule has 0 bridgehead atoms. The van der Waals surface area contributed by atoms with Crippen LogP contribution >= 0.6 is 0 Å². The molecule has 98 valence electrons. The van der Waals surface area contributed by atoms with Crippen LogP contribution in [0.3, 0.4) is 0 Å². The van der Waals surface area contributed by atoms with E-state index < -0.39 is 0 Å². The van der Waals surface area contributed by atoms with Crippen molar-refractivity contribution in [1.82, 2.24) is 15.0 Å². The molecule has 0 aliphatic heterocycles. The van der Waals surface area contributed by atoms with Gasteiger partial charge < -0.3 is 15.7 Å². The minimum atomic E-state index is 0.697. The summed E-state index contributed by atoms with van der Waals surface area (Å²) in [7, 11) is 0. The lowest BCUT2D eigenvalue weighted by Gasteiger charge is -1.98. The molecule has 4 heteroatoms. The molecule has 2 aromatic heterocycles. The maximum Gasteiger partial charge on any atom is 0.106 e. The fourth-order valence-corrected chi connectivity index (χ4v) is 2.51. The van der Waals surface area contributed by atoms with Crippen molar-refractivity contribution >= 4 is 10.9 Å². The van der Waals surface area contributed by atoms with Crippen molar-refractivity contribution in [2.45, 2.75) is 19.8 Å². The number of rotatable bonds is 4. The fourth-order valence-electron chi connectivity index (χ4n) is 2.51. The Hall–Kier alpha value is -2.07. The largest absolute Gasteiger partial charge is 0.358 e. The Morgan fingerprint density at radius 3 is 2.89 bits per heavy atom. The van der Waals surface area contributed by atoms with Crippen molar-refractivity contribution in [2.75, 3.05) is 6.54 Å². The van der Waals surface area contributed by atoms with E-state index in [-0.39, 0.29) is 0 Å². The second-order valence-corrected chi connectivity index (χ2v) is 4.81. The number of H-pyrrole nitrogens is 2. The zero-order chi connectivity index (χ0) is 13.2. The Morgan fingerprint density at radius 1 is 1.21 bits per heavy atom. The molecule has 0 unspecified atom stereocenters. The van der Waals surface area contributed by atoms with E-state index in [9.17, 15) is 0 Å². The second-order valence-electron chi connectivity index (χ2n) is 4.81. The van der Waals surface area contributed by atoms with Crippen LogP contribution in [0.1, 0.15) is 17.9 Å². The molecule has 2 heterocycles. The number of nitrogens with zero attached hydrogens (tertiary/aromatic N) is 1. The normalized spacial score (nSPS) is 11.3. The summed E-state index contributed by atoms with van der Waals surface area (Å²) < 4.78 is 0. The molecule has 0 radical (unpaired) electrons. The summed E-state index contributed by atoms with van der Waals surface area (Å²) in [6, 6.07) is 8.33. The van der Waals surface area contributed by atoms with Crippen molar-refractivity contribution in [3.63, 3.8) is 0 Å². The molecule has 1 aromatic carbocycles. The Morgan fingerprint density at radius 2 is 2.05 bits per heavy atom. The summed E-state index contributed by atoms with van der Waals surface area (Å²) in [5.41, 5.74) is 10.1. The van der Waals surface area contributed by atoms with E-state index in [2.05, 4.69) is 40.1 Å². The molecule has 0 aliphatic carbocycles. The van der Waals surface area contributed by atoms with Crippen molar-refractivity contribution in [1.29, 1.82) is 0 Å². The first-order chi connectivity index (χ1) is 9.29. The Kier molecular flexibility index (Phi) is 3.09. The molecule has 3 rings (SSSR count). The molecular formula is C15H18N4. The molecule has 4 nitrogen and oxygen atoms in total. The maximum absolute atomic E-state index is 5.53. The molecule has 19 heavy (non-hydrogen) atoms. The third-order valence-electron chi connectivity index (χ3n) is 3.41. The highest BCUT2D eigenvalue weighted by atomic mass is 14.9. The molecular weight excluding hydrogens is 236 g/mol. The number of aryl methyl sites for hydroxylation is 2. The van der Waals surface area contributed by atoms with Gasteiger partial charge in [0.2, 0.25) is 0 Å². The average Bonchev–Trinajstić information content (AvgIpc) is 2.99. The van der Waals surface area contributed by atoms with Crippen molar-refractivity contribution < 1.29 is 0 Å². The minimum absolute atomic E-state index is 0.697. The number of nitrogens with two attached hydrogens (primary N) is 1. The number of hydrogen-bond acceptors (Lipinski definition) is 2. The maximum atomic E-state index is 5.53. The SMILES string of the molecule is Cc1[nH]c2ccccc2c1-c1cnc(CCCN)[nH]1. The van der Waals surface area contributed by atoms with Gasteiger partial charge in [-0.25, -0.2) is 4.98 Å². The van der Waals surface area contributed by atoms with Crippen LogP contribution in [-0.4, -0.2) is 21.5 Å². The first kappa shape index (κ1) is 12.0. The van der Waals surface area contributed by atoms with Gasteiger partial charge in [0.25, 0.3) is 0 Å². The Balaban J connectivity index is 2.04. The lowest BCUT2D eigenvalue weighted by atomic mass is 10.1. The van der Waals surface area contributed by atoms with Gasteiger partial charge in [0, 0.05) is 28.6 Å². The molecule has 0 saturated heterocycles. The molecule has 0 fully saturated rings. The highest BCUT2D eigenvalue weighted by molar-refractivity contribution is 5.96. The van der Waals surface area contributed by atoms with E-state index in [0.29, 0.717) is 6.54 Å². The van der Waals surface area contributed by atoms with Gasteiger partial charge in [0.1, 0.15) is 5.82 Å². The Labute approximate surface area is 112 Å². The zero-order valence-corrected chi connectivity index (χ0v) is 11.0. The predicted molar refractivity (Wildman–Crippen MR) is 78.0 cm³/mol. The lowest BCUT2D eigenvalue weighted by Crippen LogP contribution is -2.01. The van der Waals surface area contributed by atoms with E-state index in [0.717, 1.165) is 35.6 Å². The highest BCUT2D eigenvalue weighted by Crippen LogP contribution is 2.30. The second kappa shape index (κ2) is 4.90. The number of benzene rings is 1. The summed E-state index contributed by atoms with van der Waals surface area (Å²) >= 11 is 0. The van der Waals surface area contributed by atoms with Crippen LogP contribution in [0.15, 0.2) is 30.5 Å². The zero-order valence-electron chi connectivity index (χ0n) is 11.0. The first-order valence-electron chi connectivity index (χ1n) is 6.61. The fraction of sp³-hybridized carbons (Fsp3) is 0.267. The van der Waals surface area contributed by atoms with E-state index in [1.165, 1.54) is 10.9 Å². The van der Waals surface area contributed by atoms with Crippen molar-refractivity contribution in [3.8, 4) is 11.3 Å². The van der Waals surface area contributed by atoms with Gasteiger partial charge in [0.15, 0.2) is 0 Å².